The molecule has 3 aromatic carbocycles. The first-order valence-corrected chi connectivity index (χ1v) is 10.6. The van der Waals surface area contributed by atoms with E-state index in [1.54, 1.807) is 18.2 Å². The lowest BCUT2D eigenvalue weighted by atomic mass is 9.98. The zero-order valence-corrected chi connectivity index (χ0v) is 17.8. The van der Waals surface area contributed by atoms with Crippen molar-refractivity contribution in [1.82, 2.24) is 5.32 Å². The second-order valence-electron chi connectivity index (χ2n) is 7.75. The fourth-order valence-corrected chi connectivity index (χ4v) is 4.17. The molecule has 0 saturated carbocycles. The molecule has 3 aromatic rings. The molecule has 0 unspecified atom stereocenters. The molecule has 0 atom stereocenters. The van der Waals surface area contributed by atoms with E-state index in [1.165, 1.54) is 28.3 Å². The van der Waals surface area contributed by atoms with E-state index in [0.29, 0.717) is 24.8 Å². The number of aldehydes is 1. The Hall–Kier alpha value is -3.73. The number of rotatable bonds is 7. The quantitative estimate of drug-likeness (QED) is 0.376. The molecule has 0 spiro atoms. The predicted molar refractivity (Wildman–Crippen MR) is 123 cm³/mol. The summed E-state index contributed by atoms with van der Waals surface area (Å²) in [6.45, 7) is 2.46. The molecule has 4 nitrogen and oxygen atoms in total. The van der Waals surface area contributed by atoms with Crippen LogP contribution < -0.4 is 5.32 Å². The van der Waals surface area contributed by atoms with E-state index >= 15 is 0 Å². The third-order valence-corrected chi connectivity index (χ3v) is 5.78. The first-order chi connectivity index (χ1) is 15.6. The topological polar surface area (TPSA) is 55.4 Å². The highest BCUT2D eigenvalue weighted by Gasteiger charge is 2.28. The van der Waals surface area contributed by atoms with E-state index < -0.39 is 11.9 Å². The van der Waals surface area contributed by atoms with Crippen LogP contribution in [0.25, 0.3) is 17.2 Å². The van der Waals surface area contributed by atoms with Gasteiger partial charge in [-0.25, -0.2) is 9.18 Å². The molecular weight excluding hydrogens is 405 g/mol. The number of hydrogen-bond acceptors (Lipinski definition) is 3. The molecule has 1 amide bonds. The predicted octanol–water partition coefficient (Wildman–Crippen LogP) is 5.89. The van der Waals surface area contributed by atoms with Crippen LogP contribution in [0.4, 0.5) is 9.18 Å². The van der Waals surface area contributed by atoms with E-state index in [0.717, 1.165) is 5.56 Å². The van der Waals surface area contributed by atoms with Crippen molar-refractivity contribution in [2.45, 2.75) is 19.3 Å². The molecule has 4 rings (SSSR count). The summed E-state index contributed by atoms with van der Waals surface area (Å²) >= 11 is 0. The minimum Gasteiger partial charge on any atom is -0.449 e. The Morgan fingerprint density at radius 2 is 1.66 bits per heavy atom. The normalized spacial score (nSPS) is 12.4. The van der Waals surface area contributed by atoms with Crippen LogP contribution in [0.5, 0.6) is 0 Å². The van der Waals surface area contributed by atoms with Gasteiger partial charge in [0.1, 0.15) is 12.4 Å². The first-order valence-electron chi connectivity index (χ1n) is 10.6. The van der Waals surface area contributed by atoms with Crippen molar-refractivity contribution in [3.63, 3.8) is 0 Å². The molecule has 0 aliphatic heterocycles. The zero-order chi connectivity index (χ0) is 22.5. The maximum absolute atomic E-state index is 13.8. The maximum atomic E-state index is 13.8. The van der Waals surface area contributed by atoms with Gasteiger partial charge in [-0.05, 0) is 52.8 Å². The van der Waals surface area contributed by atoms with Crippen molar-refractivity contribution >= 4 is 18.5 Å². The molecule has 0 fully saturated rings. The van der Waals surface area contributed by atoms with E-state index in [2.05, 4.69) is 29.6 Å². The van der Waals surface area contributed by atoms with Gasteiger partial charge in [0.05, 0.1) is 5.56 Å². The standard InChI is InChI=1S/C27H24FNO3/c1-18-13-14-26(28)24(16-30)19(18)8-6-7-15-29-27(31)32-17-25-22-11-4-2-9-20(22)21-10-3-5-12-23(21)25/h2-6,8-14,16,25H,7,15,17H2,1H3,(H,29,31). The largest absolute Gasteiger partial charge is 0.449 e. The summed E-state index contributed by atoms with van der Waals surface area (Å²) in [6.07, 6.45) is 4.09. The fourth-order valence-electron chi connectivity index (χ4n) is 4.17. The number of ether oxygens (including phenoxy) is 1. The minimum absolute atomic E-state index is 0.0192. The van der Waals surface area contributed by atoms with Crippen molar-refractivity contribution in [2.75, 3.05) is 13.2 Å². The van der Waals surface area contributed by atoms with Gasteiger partial charge < -0.3 is 10.1 Å². The Morgan fingerprint density at radius 3 is 2.31 bits per heavy atom. The molecule has 1 aliphatic carbocycles. The third-order valence-electron chi connectivity index (χ3n) is 5.78. The number of benzene rings is 3. The molecule has 32 heavy (non-hydrogen) atoms. The van der Waals surface area contributed by atoms with Crippen LogP contribution in [-0.4, -0.2) is 25.5 Å². The Balaban J connectivity index is 1.30. The van der Waals surface area contributed by atoms with Crippen molar-refractivity contribution in [3.05, 3.63) is 100 Å². The Labute approximate surface area is 186 Å². The van der Waals surface area contributed by atoms with Gasteiger partial charge in [-0.3, -0.25) is 4.79 Å². The second kappa shape index (κ2) is 9.60. The van der Waals surface area contributed by atoms with Crippen LogP contribution in [0.2, 0.25) is 0 Å². The van der Waals surface area contributed by atoms with E-state index in [9.17, 15) is 14.0 Å². The minimum atomic E-state index is -0.540. The summed E-state index contributed by atoms with van der Waals surface area (Å²) < 4.78 is 19.3. The summed E-state index contributed by atoms with van der Waals surface area (Å²) in [4.78, 5) is 23.4. The number of nitrogens with one attached hydrogen (secondary N) is 1. The van der Waals surface area contributed by atoms with Gasteiger partial charge in [0.2, 0.25) is 0 Å². The van der Waals surface area contributed by atoms with Gasteiger partial charge in [0, 0.05) is 12.5 Å². The number of fused-ring (bicyclic) bond motifs is 3. The molecule has 0 saturated heterocycles. The van der Waals surface area contributed by atoms with Crippen LogP contribution in [0.1, 0.15) is 45.0 Å². The molecule has 0 heterocycles. The highest BCUT2D eigenvalue weighted by molar-refractivity contribution is 5.83. The number of hydrogen-bond donors (Lipinski definition) is 1. The molecule has 5 heteroatoms. The van der Waals surface area contributed by atoms with Gasteiger partial charge in [-0.2, -0.15) is 0 Å². The molecule has 0 radical (unpaired) electrons. The van der Waals surface area contributed by atoms with Crippen molar-refractivity contribution in [1.29, 1.82) is 0 Å². The highest BCUT2D eigenvalue weighted by Crippen LogP contribution is 2.44. The molecule has 0 aromatic heterocycles. The van der Waals surface area contributed by atoms with Crippen molar-refractivity contribution < 1.29 is 18.7 Å². The fraction of sp³-hybridized carbons (Fsp3) is 0.185. The number of halogens is 1. The molecule has 1 aliphatic rings. The van der Waals surface area contributed by atoms with Gasteiger partial charge >= 0.3 is 6.09 Å². The summed E-state index contributed by atoms with van der Waals surface area (Å²) in [7, 11) is 0. The molecule has 1 N–H and O–H groups in total. The van der Waals surface area contributed by atoms with Gasteiger partial charge in [-0.15, -0.1) is 0 Å². The van der Waals surface area contributed by atoms with E-state index in [1.807, 2.05) is 31.2 Å². The van der Waals surface area contributed by atoms with Crippen LogP contribution in [0.3, 0.4) is 0 Å². The number of aryl methyl sites for hydroxylation is 1. The number of carbonyl (C=O) groups excluding carboxylic acids is 2. The average Bonchev–Trinajstić information content (AvgIpc) is 3.13. The Morgan fingerprint density at radius 1 is 1.00 bits per heavy atom. The molecule has 0 bridgehead atoms. The lowest BCUT2D eigenvalue weighted by molar-refractivity contribution is 0.111. The lowest BCUT2D eigenvalue weighted by Crippen LogP contribution is -2.26. The SMILES string of the molecule is Cc1ccc(F)c(C=O)c1C=CCCNC(=O)OCC1c2ccccc2-c2ccccc21. The van der Waals surface area contributed by atoms with Crippen LogP contribution >= 0.6 is 0 Å². The van der Waals surface area contributed by atoms with E-state index in [-0.39, 0.29) is 18.1 Å². The highest BCUT2D eigenvalue weighted by atomic mass is 19.1. The van der Waals surface area contributed by atoms with Crippen molar-refractivity contribution in [2.24, 2.45) is 0 Å². The van der Waals surface area contributed by atoms with Crippen LogP contribution in [0, 0.1) is 12.7 Å². The Kier molecular flexibility index (Phi) is 6.45. The van der Waals surface area contributed by atoms with Crippen LogP contribution in [0.15, 0.2) is 66.7 Å². The monoisotopic (exact) mass is 429 g/mol. The number of carbonyl (C=O) groups is 2. The lowest BCUT2D eigenvalue weighted by Gasteiger charge is -2.14. The smallest absolute Gasteiger partial charge is 0.407 e. The average molecular weight is 429 g/mol. The van der Waals surface area contributed by atoms with Crippen molar-refractivity contribution in [3.8, 4) is 11.1 Å². The van der Waals surface area contributed by atoms with Gasteiger partial charge in [0.25, 0.3) is 0 Å². The Bertz CT molecular complexity index is 1140. The van der Waals surface area contributed by atoms with E-state index in [4.69, 9.17) is 4.74 Å². The van der Waals surface area contributed by atoms with Gasteiger partial charge in [-0.1, -0.05) is 66.7 Å². The third kappa shape index (κ3) is 4.33. The maximum Gasteiger partial charge on any atom is 0.407 e. The summed E-state index contributed by atoms with van der Waals surface area (Å²) in [5.74, 6) is -0.521. The number of amides is 1. The first kappa shape index (κ1) is 21.5. The second-order valence-corrected chi connectivity index (χ2v) is 7.75. The summed E-state index contributed by atoms with van der Waals surface area (Å²) in [5, 5.41) is 2.74. The summed E-state index contributed by atoms with van der Waals surface area (Å²) in [5.41, 5.74) is 6.12. The molecular formula is C27H24FNO3. The molecule has 162 valence electrons. The zero-order valence-electron chi connectivity index (χ0n) is 17.8. The van der Waals surface area contributed by atoms with Crippen LogP contribution in [-0.2, 0) is 4.74 Å². The van der Waals surface area contributed by atoms with Gasteiger partial charge in [0.15, 0.2) is 6.29 Å². The number of alkyl carbamates (subject to hydrolysis) is 1. The summed E-state index contributed by atoms with van der Waals surface area (Å²) in [6, 6.07) is 19.3.